The molecule has 2 nitrogen and oxygen atoms in total. The minimum Gasteiger partial charge on any atom is -0.393 e. The van der Waals surface area contributed by atoms with E-state index in [1.54, 1.807) is 0 Å². The molecule has 0 bridgehead atoms. The summed E-state index contributed by atoms with van der Waals surface area (Å²) in [4.78, 5) is 0. The maximum absolute atomic E-state index is 10.9. The van der Waals surface area contributed by atoms with E-state index in [9.17, 15) is 10.2 Å². The van der Waals surface area contributed by atoms with Crippen LogP contribution in [0.5, 0.6) is 0 Å². The first kappa shape index (κ1) is 14.5. The van der Waals surface area contributed by atoms with Gasteiger partial charge in [-0.25, -0.2) is 0 Å². The minimum atomic E-state index is -0.196. The van der Waals surface area contributed by atoms with Crippen molar-refractivity contribution in [1.82, 2.24) is 0 Å². The molecule has 21 heavy (non-hydrogen) atoms. The lowest BCUT2D eigenvalue weighted by Crippen LogP contribution is -2.57. The molecule has 0 unspecified atom stereocenters. The molecule has 4 saturated carbocycles. The number of aliphatic hydroxyl groups excluding tert-OH is 2. The molecule has 4 fully saturated rings. The van der Waals surface area contributed by atoms with Gasteiger partial charge in [0, 0.05) is 0 Å². The van der Waals surface area contributed by atoms with E-state index in [2.05, 4.69) is 13.8 Å². The molecule has 0 radical (unpaired) electrons. The largest absolute Gasteiger partial charge is 0.393 e. The molecule has 4 rings (SSSR count). The molecular formula is C19H32O2. The Labute approximate surface area is 129 Å². The Morgan fingerprint density at radius 3 is 2.48 bits per heavy atom. The summed E-state index contributed by atoms with van der Waals surface area (Å²) in [5.74, 6) is 2.54. The van der Waals surface area contributed by atoms with Gasteiger partial charge in [-0.2, -0.15) is 0 Å². The van der Waals surface area contributed by atoms with Crippen LogP contribution in [0, 0.1) is 34.5 Å². The van der Waals surface area contributed by atoms with Crippen molar-refractivity contribution in [3.63, 3.8) is 0 Å². The second-order valence-electron chi connectivity index (χ2n) is 9.19. The predicted octanol–water partition coefficient (Wildman–Crippen LogP) is 3.75. The maximum atomic E-state index is 10.9. The van der Waals surface area contributed by atoms with Gasteiger partial charge in [-0.15, -0.1) is 0 Å². The lowest BCUT2D eigenvalue weighted by Gasteiger charge is -2.61. The SMILES string of the molecule is C[C@]12CCCC[C@@H]1CC[C@H]1[C@@H]3[C@@H](O)CC[C@@]3(C)[C@@H](O)C[C@@H]12. The summed E-state index contributed by atoms with van der Waals surface area (Å²) in [7, 11) is 0. The van der Waals surface area contributed by atoms with Gasteiger partial charge in [0.05, 0.1) is 12.2 Å². The molecule has 0 aliphatic heterocycles. The average molecular weight is 292 g/mol. The molecule has 0 saturated heterocycles. The van der Waals surface area contributed by atoms with Gasteiger partial charge < -0.3 is 10.2 Å². The van der Waals surface area contributed by atoms with Crippen LogP contribution in [0.4, 0.5) is 0 Å². The van der Waals surface area contributed by atoms with E-state index in [0.29, 0.717) is 23.2 Å². The van der Waals surface area contributed by atoms with Gasteiger partial charge in [-0.05, 0) is 79.4 Å². The second-order valence-corrected chi connectivity index (χ2v) is 9.19. The highest BCUT2D eigenvalue weighted by atomic mass is 16.3. The van der Waals surface area contributed by atoms with Gasteiger partial charge in [0.1, 0.15) is 0 Å². The van der Waals surface area contributed by atoms with Crippen molar-refractivity contribution in [1.29, 1.82) is 0 Å². The lowest BCUT2D eigenvalue weighted by molar-refractivity contribution is -0.167. The normalized spacial score (nSPS) is 60.0. The van der Waals surface area contributed by atoms with Crippen molar-refractivity contribution < 1.29 is 10.2 Å². The first-order valence-electron chi connectivity index (χ1n) is 9.33. The van der Waals surface area contributed by atoms with Crippen LogP contribution >= 0.6 is 0 Å². The third kappa shape index (κ3) is 1.84. The Bertz CT molecular complexity index is 422. The minimum absolute atomic E-state index is 0.0154. The van der Waals surface area contributed by atoms with Crippen molar-refractivity contribution in [2.24, 2.45) is 34.5 Å². The predicted molar refractivity (Wildman–Crippen MR) is 83.7 cm³/mol. The Morgan fingerprint density at radius 2 is 1.67 bits per heavy atom. The van der Waals surface area contributed by atoms with Crippen LogP contribution in [0.25, 0.3) is 0 Å². The summed E-state index contributed by atoms with van der Waals surface area (Å²) in [5.41, 5.74) is 0.421. The summed E-state index contributed by atoms with van der Waals surface area (Å²) in [6.45, 7) is 4.77. The Balaban J connectivity index is 1.70. The van der Waals surface area contributed by atoms with Gasteiger partial charge >= 0.3 is 0 Å². The molecule has 0 aromatic carbocycles. The molecule has 0 aromatic rings. The highest BCUT2D eigenvalue weighted by Crippen LogP contribution is 2.66. The molecule has 0 aromatic heterocycles. The molecule has 0 amide bonds. The number of rotatable bonds is 0. The van der Waals surface area contributed by atoms with Crippen molar-refractivity contribution >= 4 is 0 Å². The summed E-state index contributed by atoms with van der Waals surface area (Å²) in [6.07, 6.45) is 10.8. The Hall–Kier alpha value is -0.0800. The van der Waals surface area contributed by atoms with Crippen LogP contribution in [0.15, 0.2) is 0 Å². The summed E-state index contributed by atoms with van der Waals surface area (Å²) >= 11 is 0. The molecule has 0 spiro atoms. The number of hydrogen-bond donors (Lipinski definition) is 2. The third-order valence-corrected chi connectivity index (χ3v) is 8.52. The zero-order valence-electron chi connectivity index (χ0n) is 13.7. The third-order valence-electron chi connectivity index (χ3n) is 8.52. The van der Waals surface area contributed by atoms with E-state index >= 15 is 0 Å². The van der Waals surface area contributed by atoms with Gasteiger partial charge in [-0.1, -0.05) is 26.7 Å². The van der Waals surface area contributed by atoms with E-state index in [1.807, 2.05) is 0 Å². The smallest absolute Gasteiger partial charge is 0.0600 e. The zero-order valence-corrected chi connectivity index (χ0v) is 13.7. The van der Waals surface area contributed by atoms with E-state index in [-0.39, 0.29) is 17.6 Å². The highest BCUT2D eigenvalue weighted by Gasteiger charge is 2.62. The highest BCUT2D eigenvalue weighted by molar-refractivity contribution is 5.11. The second kappa shape index (κ2) is 4.71. The Kier molecular flexibility index (Phi) is 3.25. The molecule has 120 valence electrons. The van der Waals surface area contributed by atoms with Crippen LogP contribution in [0.3, 0.4) is 0 Å². The van der Waals surface area contributed by atoms with Crippen LogP contribution in [0.1, 0.15) is 71.6 Å². The van der Waals surface area contributed by atoms with Gasteiger partial charge in [-0.3, -0.25) is 0 Å². The molecule has 0 heterocycles. The van der Waals surface area contributed by atoms with E-state index in [1.165, 1.54) is 38.5 Å². The summed E-state index contributed by atoms with van der Waals surface area (Å²) < 4.78 is 0. The van der Waals surface area contributed by atoms with Crippen molar-refractivity contribution in [3.05, 3.63) is 0 Å². The van der Waals surface area contributed by atoms with E-state index in [4.69, 9.17) is 0 Å². The number of aliphatic hydroxyl groups is 2. The summed E-state index contributed by atoms with van der Waals surface area (Å²) in [5, 5.41) is 21.5. The van der Waals surface area contributed by atoms with Gasteiger partial charge in [0.15, 0.2) is 0 Å². The molecule has 8 atom stereocenters. The number of hydrogen-bond acceptors (Lipinski definition) is 2. The van der Waals surface area contributed by atoms with Crippen molar-refractivity contribution in [3.8, 4) is 0 Å². The fourth-order valence-electron chi connectivity index (χ4n) is 7.27. The fraction of sp³-hybridized carbons (Fsp3) is 1.00. The molecule has 2 N–H and O–H groups in total. The van der Waals surface area contributed by atoms with Crippen molar-refractivity contribution in [2.75, 3.05) is 0 Å². The quantitative estimate of drug-likeness (QED) is 0.714. The fourth-order valence-corrected chi connectivity index (χ4v) is 7.27. The summed E-state index contributed by atoms with van der Waals surface area (Å²) in [6, 6.07) is 0. The van der Waals surface area contributed by atoms with Crippen LogP contribution in [0.2, 0.25) is 0 Å². The van der Waals surface area contributed by atoms with Crippen LogP contribution < -0.4 is 0 Å². The zero-order chi connectivity index (χ0) is 14.8. The topological polar surface area (TPSA) is 40.5 Å². The standard InChI is InChI=1S/C19H32O2/c1-18-9-4-3-5-12(18)6-7-13-14(18)11-16(21)19(2)10-8-15(20)17(13)19/h12-17,20-21H,3-11H2,1-2H3/t12-,13-,14+,15+,16+,17-,18+,19+/m1/s1. The van der Waals surface area contributed by atoms with E-state index in [0.717, 1.165) is 25.2 Å². The van der Waals surface area contributed by atoms with Crippen LogP contribution in [-0.2, 0) is 0 Å². The Morgan fingerprint density at radius 1 is 0.857 bits per heavy atom. The van der Waals surface area contributed by atoms with Crippen LogP contribution in [-0.4, -0.2) is 22.4 Å². The lowest BCUT2D eigenvalue weighted by atomic mass is 9.44. The van der Waals surface area contributed by atoms with E-state index < -0.39 is 0 Å². The average Bonchev–Trinajstić information content (AvgIpc) is 2.77. The monoisotopic (exact) mass is 292 g/mol. The number of fused-ring (bicyclic) bond motifs is 5. The first-order chi connectivity index (χ1) is 9.97. The molecular weight excluding hydrogens is 260 g/mol. The molecule has 2 heteroatoms. The first-order valence-corrected chi connectivity index (χ1v) is 9.33. The van der Waals surface area contributed by atoms with Gasteiger partial charge in [0.25, 0.3) is 0 Å². The molecule has 4 aliphatic rings. The molecule has 4 aliphatic carbocycles. The van der Waals surface area contributed by atoms with Crippen molar-refractivity contribution in [2.45, 2.75) is 83.8 Å². The maximum Gasteiger partial charge on any atom is 0.0600 e. The van der Waals surface area contributed by atoms with Gasteiger partial charge in [0.2, 0.25) is 0 Å².